The van der Waals surface area contributed by atoms with Crippen LogP contribution in [-0.4, -0.2) is 45.9 Å². The molecule has 0 bridgehead atoms. The Bertz CT molecular complexity index is 862. The molecule has 3 rings (SSSR count). The van der Waals surface area contributed by atoms with Crippen LogP contribution in [0.1, 0.15) is 38.5 Å². The van der Waals surface area contributed by atoms with Crippen LogP contribution >= 0.6 is 0 Å². The summed E-state index contributed by atoms with van der Waals surface area (Å²) >= 11 is 0. The number of fused-ring (bicyclic) bond motifs is 1. The second kappa shape index (κ2) is 9.30. The third kappa shape index (κ3) is 5.15. The van der Waals surface area contributed by atoms with E-state index in [0.717, 1.165) is 32.2 Å². The van der Waals surface area contributed by atoms with E-state index in [9.17, 15) is 14.4 Å². The van der Waals surface area contributed by atoms with E-state index in [1.165, 1.54) is 10.9 Å². The maximum absolute atomic E-state index is 12.4. The highest BCUT2D eigenvalue weighted by Crippen LogP contribution is 2.11. The van der Waals surface area contributed by atoms with Gasteiger partial charge in [-0.05, 0) is 31.4 Å². The van der Waals surface area contributed by atoms with Crippen molar-refractivity contribution >= 4 is 22.7 Å². The Kier molecular flexibility index (Phi) is 6.57. The Morgan fingerprint density at radius 1 is 1.11 bits per heavy atom. The van der Waals surface area contributed by atoms with E-state index in [1.54, 1.807) is 18.2 Å². The summed E-state index contributed by atoms with van der Waals surface area (Å²) in [6, 6.07) is 7.18. The smallest absolute Gasteiger partial charge is 0.261 e. The summed E-state index contributed by atoms with van der Waals surface area (Å²) in [6.07, 6.45) is 6.25. The highest BCUT2D eigenvalue weighted by molar-refractivity contribution is 5.78. The van der Waals surface area contributed by atoms with Crippen LogP contribution in [0.3, 0.4) is 0 Å². The highest BCUT2D eigenvalue weighted by Gasteiger charge is 2.15. The quantitative estimate of drug-likeness (QED) is 0.752. The summed E-state index contributed by atoms with van der Waals surface area (Å²) in [5.74, 6) is 0.124. The maximum Gasteiger partial charge on any atom is 0.261 e. The van der Waals surface area contributed by atoms with Crippen molar-refractivity contribution in [3.63, 3.8) is 0 Å². The van der Waals surface area contributed by atoms with E-state index in [4.69, 9.17) is 0 Å². The summed E-state index contributed by atoms with van der Waals surface area (Å²) in [7, 11) is 0. The normalized spacial score (nSPS) is 15.0. The fraction of sp³-hybridized carbons (Fsp3) is 0.500. The second-order valence-corrected chi connectivity index (χ2v) is 6.91. The number of nitrogens with zero attached hydrogens (tertiary/aromatic N) is 3. The molecular formula is C20H26N4O3. The van der Waals surface area contributed by atoms with Gasteiger partial charge < -0.3 is 10.2 Å². The van der Waals surface area contributed by atoms with Gasteiger partial charge in [-0.25, -0.2) is 4.98 Å². The molecule has 2 aromatic rings. The second-order valence-electron chi connectivity index (χ2n) is 6.91. The number of benzene rings is 1. The lowest BCUT2D eigenvalue weighted by Crippen LogP contribution is -2.34. The molecule has 7 heteroatoms. The number of rotatable bonds is 7. The van der Waals surface area contributed by atoms with Gasteiger partial charge >= 0.3 is 0 Å². The zero-order chi connectivity index (χ0) is 19.1. The molecule has 0 atom stereocenters. The number of carbonyl (C=O) groups is 2. The first kappa shape index (κ1) is 19.1. The molecule has 1 saturated heterocycles. The molecule has 1 N–H and O–H groups in total. The van der Waals surface area contributed by atoms with Crippen LogP contribution in [0.5, 0.6) is 0 Å². The van der Waals surface area contributed by atoms with Gasteiger partial charge in [0.15, 0.2) is 0 Å². The van der Waals surface area contributed by atoms with E-state index in [2.05, 4.69) is 10.3 Å². The predicted molar refractivity (Wildman–Crippen MR) is 103 cm³/mol. The Balaban J connectivity index is 1.42. The Hall–Kier alpha value is -2.70. The van der Waals surface area contributed by atoms with Crippen LogP contribution in [0.25, 0.3) is 10.9 Å². The van der Waals surface area contributed by atoms with Crippen LogP contribution in [0, 0.1) is 0 Å². The van der Waals surface area contributed by atoms with Crippen LogP contribution in [0.15, 0.2) is 35.4 Å². The first-order chi connectivity index (χ1) is 13.1. The van der Waals surface area contributed by atoms with Crippen molar-refractivity contribution in [2.75, 3.05) is 19.6 Å². The number of carbonyl (C=O) groups excluding carboxylic acids is 2. The molecule has 7 nitrogen and oxygen atoms in total. The van der Waals surface area contributed by atoms with E-state index in [0.29, 0.717) is 37.0 Å². The number of hydrogen-bond donors (Lipinski definition) is 1. The molecule has 1 aromatic carbocycles. The molecule has 0 aliphatic carbocycles. The van der Waals surface area contributed by atoms with Crippen LogP contribution < -0.4 is 10.9 Å². The molecular weight excluding hydrogens is 344 g/mol. The summed E-state index contributed by atoms with van der Waals surface area (Å²) < 4.78 is 1.47. The number of para-hydroxylation sites is 1. The number of likely N-dealkylation sites (tertiary alicyclic amines) is 1. The van der Waals surface area contributed by atoms with Crippen LogP contribution in [0.2, 0.25) is 0 Å². The molecule has 1 aromatic heterocycles. The third-order valence-electron chi connectivity index (χ3n) is 4.91. The molecule has 1 aliphatic heterocycles. The molecule has 2 amide bonds. The number of hydrogen-bond acceptors (Lipinski definition) is 4. The van der Waals surface area contributed by atoms with E-state index >= 15 is 0 Å². The van der Waals surface area contributed by atoms with Gasteiger partial charge in [0.2, 0.25) is 11.8 Å². The standard InChI is InChI=1S/C20H26N4O3/c25-18(21-11-6-13-23-12-5-1-2-9-19(23)26)10-14-24-15-22-17-8-4-3-7-16(17)20(24)27/h3-4,7-8,15H,1-2,5-6,9-14H2,(H,21,25). The first-order valence-corrected chi connectivity index (χ1v) is 9.64. The number of aromatic nitrogens is 2. The summed E-state index contributed by atoms with van der Waals surface area (Å²) in [5.41, 5.74) is 0.527. The average Bonchev–Trinajstić information content (AvgIpc) is 2.89. The zero-order valence-corrected chi connectivity index (χ0v) is 15.5. The topological polar surface area (TPSA) is 84.3 Å². The van der Waals surface area contributed by atoms with Crippen molar-refractivity contribution in [3.8, 4) is 0 Å². The number of nitrogens with one attached hydrogen (secondary N) is 1. The third-order valence-corrected chi connectivity index (χ3v) is 4.91. The van der Waals surface area contributed by atoms with Gasteiger partial charge in [0, 0.05) is 39.0 Å². The highest BCUT2D eigenvalue weighted by atomic mass is 16.2. The monoisotopic (exact) mass is 370 g/mol. The molecule has 1 fully saturated rings. The minimum absolute atomic E-state index is 0.0998. The lowest BCUT2D eigenvalue weighted by Gasteiger charge is -2.20. The lowest BCUT2D eigenvalue weighted by molar-refractivity contribution is -0.130. The average molecular weight is 370 g/mol. The summed E-state index contributed by atoms with van der Waals surface area (Å²) in [6.45, 7) is 2.35. The van der Waals surface area contributed by atoms with Gasteiger partial charge in [-0.1, -0.05) is 18.6 Å². The van der Waals surface area contributed by atoms with Crippen LogP contribution in [0.4, 0.5) is 0 Å². The van der Waals surface area contributed by atoms with E-state index < -0.39 is 0 Å². The van der Waals surface area contributed by atoms with E-state index in [1.807, 2.05) is 11.0 Å². The van der Waals surface area contributed by atoms with Gasteiger partial charge in [0.25, 0.3) is 5.56 Å². The van der Waals surface area contributed by atoms with E-state index in [-0.39, 0.29) is 23.8 Å². The molecule has 144 valence electrons. The van der Waals surface area contributed by atoms with Gasteiger partial charge in [-0.15, -0.1) is 0 Å². The minimum Gasteiger partial charge on any atom is -0.356 e. The molecule has 27 heavy (non-hydrogen) atoms. The Morgan fingerprint density at radius 2 is 1.96 bits per heavy atom. The zero-order valence-electron chi connectivity index (χ0n) is 15.5. The lowest BCUT2D eigenvalue weighted by atomic mass is 10.2. The van der Waals surface area contributed by atoms with Gasteiger partial charge in [0.05, 0.1) is 17.2 Å². The Morgan fingerprint density at radius 3 is 2.85 bits per heavy atom. The number of amides is 2. The molecule has 0 saturated carbocycles. The van der Waals surface area contributed by atoms with Crippen molar-refractivity contribution < 1.29 is 9.59 Å². The number of aryl methyl sites for hydroxylation is 1. The van der Waals surface area contributed by atoms with Gasteiger partial charge in [-0.3, -0.25) is 19.0 Å². The Labute approximate surface area is 158 Å². The fourth-order valence-corrected chi connectivity index (χ4v) is 3.35. The SMILES string of the molecule is O=C(CCn1cnc2ccccc2c1=O)NCCCN1CCCCCC1=O. The predicted octanol–water partition coefficient (Wildman–Crippen LogP) is 1.70. The molecule has 2 heterocycles. The van der Waals surface area contributed by atoms with Gasteiger partial charge in [0.1, 0.15) is 0 Å². The molecule has 1 aliphatic rings. The largest absolute Gasteiger partial charge is 0.356 e. The van der Waals surface area contributed by atoms with Gasteiger partial charge in [-0.2, -0.15) is 0 Å². The summed E-state index contributed by atoms with van der Waals surface area (Å²) in [5, 5.41) is 3.42. The maximum atomic E-state index is 12.4. The van der Waals surface area contributed by atoms with Crippen molar-refractivity contribution in [3.05, 3.63) is 40.9 Å². The van der Waals surface area contributed by atoms with Crippen molar-refractivity contribution in [2.45, 2.75) is 45.1 Å². The van der Waals surface area contributed by atoms with Crippen molar-refractivity contribution in [1.82, 2.24) is 19.8 Å². The van der Waals surface area contributed by atoms with Crippen molar-refractivity contribution in [1.29, 1.82) is 0 Å². The molecule has 0 radical (unpaired) electrons. The van der Waals surface area contributed by atoms with Crippen molar-refractivity contribution in [2.24, 2.45) is 0 Å². The molecule has 0 spiro atoms. The first-order valence-electron chi connectivity index (χ1n) is 9.64. The fourth-order valence-electron chi connectivity index (χ4n) is 3.35. The van der Waals surface area contributed by atoms with Crippen LogP contribution in [-0.2, 0) is 16.1 Å². The minimum atomic E-state index is -0.131. The summed E-state index contributed by atoms with van der Waals surface area (Å²) in [4.78, 5) is 42.5. The molecule has 0 unspecified atom stereocenters.